The molecule has 1 amide bonds. The third-order valence-corrected chi connectivity index (χ3v) is 3.79. The van der Waals surface area contributed by atoms with E-state index in [0.717, 1.165) is 10.9 Å². The van der Waals surface area contributed by atoms with E-state index in [9.17, 15) is 9.59 Å². The highest BCUT2D eigenvalue weighted by molar-refractivity contribution is 9.10. The Morgan fingerprint density at radius 3 is 2.70 bits per heavy atom. The van der Waals surface area contributed by atoms with Crippen LogP contribution < -0.4 is 4.74 Å². The van der Waals surface area contributed by atoms with Gasteiger partial charge in [0.2, 0.25) is 5.91 Å². The molecule has 1 aliphatic heterocycles. The quantitative estimate of drug-likeness (QED) is 0.892. The van der Waals surface area contributed by atoms with Gasteiger partial charge in [-0.2, -0.15) is 0 Å². The molecule has 1 saturated heterocycles. The second-order valence-corrected chi connectivity index (χ2v) is 5.55. The van der Waals surface area contributed by atoms with E-state index in [4.69, 9.17) is 9.84 Å². The molecule has 1 atom stereocenters. The monoisotopic (exact) mass is 341 g/mol. The van der Waals surface area contributed by atoms with Gasteiger partial charge in [-0.1, -0.05) is 15.9 Å². The van der Waals surface area contributed by atoms with Crippen molar-refractivity contribution < 1.29 is 19.4 Å². The number of ether oxygens (including phenoxy) is 1. The van der Waals surface area contributed by atoms with Gasteiger partial charge in [0.05, 0.1) is 13.0 Å². The zero-order valence-electron chi connectivity index (χ0n) is 10.9. The molecule has 0 saturated carbocycles. The van der Waals surface area contributed by atoms with Crippen LogP contribution in [-0.4, -0.2) is 41.1 Å². The van der Waals surface area contributed by atoms with Crippen molar-refractivity contribution >= 4 is 27.8 Å². The number of likely N-dealkylation sites (tertiary alicyclic amines) is 1. The van der Waals surface area contributed by atoms with Crippen LogP contribution in [0.4, 0.5) is 0 Å². The minimum atomic E-state index is -0.926. The fourth-order valence-electron chi connectivity index (χ4n) is 2.25. The van der Waals surface area contributed by atoms with Crippen LogP contribution in [0.25, 0.3) is 0 Å². The average molecular weight is 342 g/mol. The van der Waals surface area contributed by atoms with Gasteiger partial charge < -0.3 is 14.7 Å². The molecule has 6 heteroatoms. The maximum Gasteiger partial charge on any atom is 0.326 e. The average Bonchev–Trinajstić information content (AvgIpc) is 2.90. The number of hydrogen-bond acceptors (Lipinski definition) is 3. The van der Waals surface area contributed by atoms with Crippen molar-refractivity contribution in [1.82, 2.24) is 4.90 Å². The Labute approximate surface area is 125 Å². The predicted molar refractivity (Wildman–Crippen MR) is 76.6 cm³/mol. The summed E-state index contributed by atoms with van der Waals surface area (Å²) in [5.41, 5.74) is 0. The van der Waals surface area contributed by atoms with Crippen LogP contribution >= 0.6 is 15.9 Å². The minimum absolute atomic E-state index is 0.160. The molecule has 1 fully saturated rings. The van der Waals surface area contributed by atoms with Crippen LogP contribution in [0.5, 0.6) is 5.75 Å². The molecule has 1 aromatic carbocycles. The van der Waals surface area contributed by atoms with Crippen molar-refractivity contribution in [2.24, 2.45) is 0 Å². The van der Waals surface area contributed by atoms with Gasteiger partial charge in [-0.25, -0.2) is 4.79 Å². The number of benzene rings is 1. The van der Waals surface area contributed by atoms with Crippen molar-refractivity contribution in [2.45, 2.75) is 25.3 Å². The number of carbonyl (C=O) groups excluding carboxylic acids is 1. The molecular formula is C14H16BrNO4. The number of carbonyl (C=O) groups is 2. The molecule has 0 unspecified atom stereocenters. The number of nitrogens with zero attached hydrogens (tertiary/aromatic N) is 1. The maximum atomic E-state index is 12.0. The third-order valence-electron chi connectivity index (χ3n) is 3.26. The lowest BCUT2D eigenvalue weighted by atomic mass is 10.2. The standard InChI is InChI=1S/C14H16BrNO4/c15-10-3-5-11(6-4-10)20-9-7-13(17)16-8-1-2-12(16)14(18)19/h3-6,12H,1-2,7-9H2,(H,18,19)/t12-/m1/s1. The van der Waals surface area contributed by atoms with Crippen LogP contribution in [0.2, 0.25) is 0 Å². The molecule has 5 nitrogen and oxygen atoms in total. The molecule has 0 aliphatic carbocycles. The van der Waals surface area contributed by atoms with Crippen molar-refractivity contribution in [3.63, 3.8) is 0 Å². The van der Waals surface area contributed by atoms with E-state index in [1.165, 1.54) is 4.90 Å². The minimum Gasteiger partial charge on any atom is -0.493 e. The molecule has 1 aromatic rings. The van der Waals surface area contributed by atoms with Crippen LogP contribution in [0.1, 0.15) is 19.3 Å². The normalized spacial score (nSPS) is 18.1. The highest BCUT2D eigenvalue weighted by Gasteiger charge is 2.33. The summed E-state index contributed by atoms with van der Waals surface area (Å²) in [5, 5.41) is 9.03. The summed E-state index contributed by atoms with van der Waals surface area (Å²) in [4.78, 5) is 24.4. The van der Waals surface area contributed by atoms with Crippen LogP contribution in [0.3, 0.4) is 0 Å². The molecule has 0 bridgehead atoms. The Bertz CT molecular complexity index is 488. The lowest BCUT2D eigenvalue weighted by Gasteiger charge is -2.21. The first kappa shape index (κ1) is 14.8. The van der Waals surface area contributed by atoms with Gasteiger partial charge in [0.1, 0.15) is 11.8 Å². The van der Waals surface area contributed by atoms with Crippen molar-refractivity contribution in [3.05, 3.63) is 28.7 Å². The third kappa shape index (κ3) is 3.72. The zero-order chi connectivity index (χ0) is 14.5. The number of halogens is 1. The second-order valence-electron chi connectivity index (χ2n) is 4.64. The van der Waals surface area contributed by atoms with E-state index in [0.29, 0.717) is 18.7 Å². The molecule has 108 valence electrons. The van der Waals surface area contributed by atoms with Gasteiger partial charge >= 0.3 is 5.97 Å². The lowest BCUT2D eigenvalue weighted by Crippen LogP contribution is -2.40. The first-order valence-corrected chi connectivity index (χ1v) is 7.28. The van der Waals surface area contributed by atoms with E-state index in [2.05, 4.69) is 15.9 Å². The summed E-state index contributed by atoms with van der Waals surface area (Å²) in [5.74, 6) is -0.395. The zero-order valence-corrected chi connectivity index (χ0v) is 12.5. The van der Waals surface area contributed by atoms with Crippen molar-refractivity contribution in [2.75, 3.05) is 13.2 Å². The molecular weight excluding hydrogens is 326 g/mol. The number of rotatable bonds is 5. The number of carboxylic acids is 1. The van der Waals surface area contributed by atoms with E-state index in [1.807, 2.05) is 24.3 Å². The van der Waals surface area contributed by atoms with Crippen LogP contribution in [0, 0.1) is 0 Å². The summed E-state index contributed by atoms with van der Waals surface area (Å²) < 4.78 is 6.43. The van der Waals surface area contributed by atoms with Crippen LogP contribution in [0.15, 0.2) is 28.7 Å². The van der Waals surface area contributed by atoms with Gasteiger partial charge in [0.15, 0.2) is 0 Å². The number of aliphatic carboxylic acids is 1. The predicted octanol–water partition coefficient (Wildman–Crippen LogP) is 2.29. The van der Waals surface area contributed by atoms with Gasteiger partial charge in [-0.3, -0.25) is 4.79 Å². The first-order chi connectivity index (χ1) is 9.58. The van der Waals surface area contributed by atoms with Gasteiger partial charge in [-0.15, -0.1) is 0 Å². The molecule has 1 heterocycles. The molecule has 2 rings (SSSR count). The van der Waals surface area contributed by atoms with Gasteiger partial charge in [-0.05, 0) is 37.1 Å². The topological polar surface area (TPSA) is 66.8 Å². The second kappa shape index (κ2) is 6.74. The summed E-state index contributed by atoms with van der Waals surface area (Å²) >= 11 is 3.33. The largest absolute Gasteiger partial charge is 0.493 e. The molecule has 0 aromatic heterocycles. The SMILES string of the molecule is O=C(O)[C@H]1CCCN1C(=O)CCOc1ccc(Br)cc1. The molecule has 20 heavy (non-hydrogen) atoms. The molecule has 0 spiro atoms. The Morgan fingerprint density at radius 1 is 1.35 bits per heavy atom. The Morgan fingerprint density at radius 2 is 2.05 bits per heavy atom. The fraction of sp³-hybridized carbons (Fsp3) is 0.429. The smallest absolute Gasteiger partial charge is 0.326 e. The Balaban J connectivity index is 1.80. The van der Waals surface area contributed by atoms with Gasteiger partial charge in [0, 0.05) is 11.0 Å². The van der Waals surface area contributed by atoms with E-state index in [-0.39, 0.29) is 18.9 Å². The molecule has 1 N–H and O–H groups in total. The van der Waals surface area contributed by atoms with E-state index < -0.39 is 12.0 Å². The first-order valence-electron chi connectivity index (χ1n) is 6.48. The summed E-state index contributed by atoms with van der Waals surface area (Å²) in [6.07, 6.45) is 1.48. The van der Waals surface area contributed by atoms with Gasteiger partial charge in [0.25, 0.3) is 0 Å². The fourth-order valence-corrected chi connectivity index (χ4v) is 2.52. The van der Waals surface area contributed by atoms with E-state index >= 15 is 0 Å². The number of amides is 1. The Kier molecular flexibility index (Phi) is 5.00. The summed E-state index contributed by atoms with van der Waals surface area (Å²) in [7, 11) is 0. The Hall–Kier alpha value is -1.56. The number of hydrogen-bond donors (Lipinski definition) is 1. The van der Waals surface area contributed by atoms with Crippen molar-refractivity contribution in [1.29, 1.82) is 0 Å². The number of carboxylic acid groups (broad SMARTS) is 1. The van der Waals surface area contributed by atoms with Crippen molar-refractivity contribution in [3.8, 4) is 5.75 Å². The van der Waals surface area contributed by atoms with Crippen LogP contribution in [-0.2, 0) is 9.59 Å². The lowest BCUT2D eigenvalue weighted by molar-refractivity contribution is -0.148. The molecule has 0 radical (unpaired) electrons. The van der Waals surface area contributed by atoms with E-state index in [1.54, 1.807) is 0 Å². The molecule has 1 aliphatic rings. The highest BCUT2D eigenvalue weighted by Crippen LogP contribution is 2.19. The highest BCUT2D eigenvalue weighted by atomic mass is 79.9. The summed E-state index contributed by atoms with van der Waals surface area (Å²) in [6.45, 7) is 0.775. The summed E-state index contributed by atoms with van der Waals surface area (Å²) in [6, 6.07) is 6.67. The maximum absolute atomic E-state index is 12.0.